The second kappa shape index (κ2) is 9.10. The van der Waals surface area contributed by atoms with Gasteiger partial charge < -0.3 is 9.47 Å². The van der Waals surface area contributed by atoms with Crippen molar-refractivity contribution in [1.82, 2.24) is 10.2 Å². The molecule has 0 saturated carbocycles. The fraction of sp³-hybridized carbons (Fsp3) is 0.179. The van der Waals surface area contributed by atoms with E-state index in [1.807, 2.05) is 55.5 Å². The van der Waals surface area contributed by atoms with E-state index in [0.717, 1.165) is 27.9 Å². The zero-order chi connectivity index (χ0) is 24.5. The van der Waals surface area contributed by atoms with Crippen LogP contribution in [0.1, 0.15) is 50.5 Å². The molecule has 4 aromatic rings. The molecule has 5 rings (SSSR count). The van der Waals surface area contributed by atoms with E-state index in [-0.39, 0.29) is 5.91 Å². The van der Waals surface area contributed by atoms with Crippen LogP contribution in [-0.2, 0) is 4.74 Å². The minimum absolute atomic E-state index is 0.203. The molecule has 0 aliphatic carbocycles. The summed E-state index contributed by atoms with van der Waals surface area (Å²) in [5.41, 5.74) is 5.92. The van der Waals surface area contributed by atoms with E-state index < -0.39 is 12.0 Å². The number of hydrogen-bond donors (Lipinski definition) is 1. The predicted molar refractivity (Wildman–Crippen MR) is 133 cm³/mol. The van der Waals surface area contributed by atoms with E-state index in [1.54, 1.807) is 43.2 Å². The standard InChI is InChI=1S/C28H25N3O4/c1-4-35-28(33)19-13-15-20(16-14-19)31-26(21-7-5-6-8-22(21)34-3)23-24(29-30-25(23)27(31)32)18-11-9-17(2)10-12-18/h5-16,26H,4H2,1-3H3,(H,29,30). The Kier molecular flexibility index (Phi) is 5.82. The molecule has 1 atom stereocenters. The second-order valence-electron chi connectivity index (χ2n) is 8.31. The Labute approximate surface area is 203 Å². The lowest BCUT2D eigenvalue weighted by atomic mass is 9.95. The third-order valence-corrected chi connectivity index (χ3v) is 6.18. The van der Waals surface area contributed by atoms with Gasteiger partial charge in [-0.25, -0.2) is 4.79 Å². The minimum atomic E-state index is -0.475. The number of fused-ring (bicyclic) bond motifs is 1. The van der Waals surface area contributed by atoms with Crippen LogP contribution in [-0.4, -0.2) is 35.8 Å². The molecule has 7 nitrogen and oxygen atoms in total. The summed E-state index contributed by atoms with van der Waals surface area (Å²) in [5.74, 6) is 0.0668. The van der Waals surface area contributed by atoms with Crippen molar-refractivity contribution in [3.05, 3.63) is 101 Å². The third-order valence-electron chi connectivity index (χ3n) is 6.18. The van der Waals surface area contributed by atoms with Crippen LogP contribution in [0, 0.1) is 6.92 Å². The van der Waals surface area contributed by atoms with Crippen molar-refractivity contribution in [3.8, 4) is 17.0 Å². The van der Waals surface area contributed by atoms with Gasteiger partial charge in [-0.3, -0.25) is 14.8 Å². The molecule has 0 radical (unpaired) electrons. The molecule has 0 fully saturated rings. The number of esters is 1. The summed E-state index contributed by atoms with van der Waals surface area (Å²) in [4.78, 5) is 27.6. The van der Waals surface area contributed by atoms with Gasteiger partial charge in [0.05, 0.1) is 31.0 Å². The maximum Gasteiger partial charge on any atom is 0.338 e. The first-order valence-corrected chi connectivity index (χ1v) is 11.4. The molecular formula is C28H25N3O4. The number of aryl methyl sites for hydroxylation is 1. The third kappa shape index (κ3) is 3.85. The van der Waals surface area contributed by atoms with Gasteiger partial charge in [0.2, 0.25) is 0 Å². The molecular weight excluding hydrogens is 442 g/mol. The topological polar surface area (TPSA) is 84.5 Å². The Hall–Kier alpha value is -4.39. The Balaban J connectivity index is 1.66. The van der Waals surface area contributed by atoms with Gasteiger partial charge >= 0.3 is 5.97 Å². The van der Waals surface area contributed by atoms with Gasteiger partial charge in [0.15, 0.2) is 0 Å². The van der Waals surface area contributed by atoms with Crippen molar-refractivity contribution in [2.75, 3.05) is 18.6 Å². The average molecular weight is 468 g/mol. The summed E-state index contributed by atoms with van der Waals surface area (Å²) < 4.78 is 10.8. The van der Waals surface area contributed by atoms with Gasteiger partial charge in [-0.2, -0.15) is 5.10 Å². The van der Waals surface area contributed by atoms with Gasteiger partial charge in [-0.1, -0.05) is 48.0 Å². The minimum Gasteiger partial charge on any atom is -0.496 e. The monoisotopic (exact) mass is 467 g/mol. The van der Waals surface area contributed by atoms with Crippen LogP contribution in [0.25, 0.3) is 11.3 Å². The number of methoxy groups -OCH3 is 1. The lowest BCUT2D eigenvalue weighted by molar-refractivity contribution is 0.0526. The zero-order valence-electron chi connectivity index (χ0n) is 19.7. The number of nitrogens with one attached hydrogen (secondary N) is 1. The molecule has 176 valence electrons. The number of rotatable bonds is 6. The number of amides is 1. The molecule has 7 heteroatoms. The molecule has 1 aliphatic heterocycles. The summed E-state index contributed by atoms with van der Waals surface area (Å²) in [6, 6.07) is 22.1. The zero-order valence-corrected chi connectivity index (χ0v) is 19.7. The second-order valence-corrected chi connectivity index (χ2v) is 8.31. The number of ether oxygens (including phenoxy) is 2. The number of anilines is 1. The highest BCUT2D eigenvalue weighted by Gasteiger charge is 2.44. The Morgan fingerprint density at radius 2 is 1.74 bits per heavy atom. The lowest BCUT2D eigenvalue weighted by Gasteiger charge is -2.27. The fourth-order valence-corrected chi connectivity index (χ4v) is 4.50. The first-order chi connectivity index (χ1) is 17.0. The number of carbonyl (C=O) groups is 2. The van der Waals surface area contributed by atoms with Crippen LogP contribution in [0.5, 0.6) is 5.75 Å². The van der Waals surface area contributed by atoms with Crippen molar-refractivity contribution >= 4 is 17.6 Å². The molecule has 35 heavy (non-hydrogen) atoms. The molecule has 0 spiro atoms. The maximum atomic E-state index is 13.7. The highest BCUT2D eigenvalue weighted by atomic mass is 16.5. The highest BCUT2D eigenvalue weighted by Crippen LogP contribution is 2.47. The molecule has 1 unspecified atom stereocenters. The molecule has 3 aromatic carbocycles. The van der Waals surface area contributed by atoms with Crippen LogP contribution in [0.2, 0.25) is 0 Å². The number of aromatic amines is 1. The van der Waals surface area contributed by atoms with Crippen LogP contribution in [0.15, 0.2) is 72.8 Å². The summed E-state index contributed by atoms with van der Waals surface area (Å²) in [7, 11) is 1.62. The fourth-order valence-electron chi connectivity index (χ4n) is 4.50. The summed E-state index contributed by atoms with van der Waals surface area (Å²) in [6.45, 7) is 4.09. The van der Waals surface area contributed by atoms with E-state index in [0.29, 0.717) is 29.3 Å². The smallest absolute Gasteiger partial charge is 0.338 e. The van der Waals surface area contributed by atoms with E-state index >= 15 is 0 Å². The van der Waals surface area contributed by atoms with E-state index in [4.69, 9.17) is 9.47 Å². The van der Waals surface area contributed by atoms with Crippen molar-refractivity contribution in [2.24, 2.45) is 0 Å². The van der Waals surface area contributed by atoms with E-state index in [1.165, 1.54) is 0 Å². The summed E-state index contributed by atoms with van der Waals surface area (Å²) in [6.07, 6.45) is 0. The van der Waals surface area contributed by atoms with Gasteiger partial charge in [0, 0.05) is 22.4 Å². The van der Waals surface area contributed by atoms with Crippen LogP contribution < -0.4 is 9.64 Å². The number of hydrogen-bond acceptors (Lipinski definition) is 5. The molecule has 2 heterocycles. The van der Waals surface area contributed by atoms with Crippen molar-refractivity contribution in [2.45, 2.75) is 19.9 Å². The first-order valence-electron chi connectivity index (χ1n) is 11.4. The quantitative estimate of drug-likeness (QED) is 0.388. The Morgan fingerprint density at radius 1 is 1.03 bits per heavy atom. The molecule has 1 N–H and O–H groups in total. The normalized spacial score (nSPS) is 14.7. The highest BCUT2D eigenvalue weighted by molar-refractivity contribution is 6.12. The molecule has 0 bridgehead atoms. The predicted octanol–water partition coefficient (Wildman–Crippen LogP) is 5.32. The summed E-state index contributed by atoms with van der Waals surface area (Å²) in [5, 5.41) is 7.51. The average Bonchev–Trinajstić information content (AvgIpc) is 3.43. The number of para-hydroxylation sites is 1. The van der Waals surface area contributed by atoms with Gasteiger partial charge in [-0.15, -0.1) is 0 Å². The van der Waals surface area contributed by atoms with Crippen LogP contribution in [0.4, 0.5) is 5.69 Å². The number of nitrogens with zero attached hydrogens (tertiary/aromatic N) is 2. The van der Waals surface area contributed by atoms with Crippen LogP contribution in [0.3, 0.4) is 0 Å². The Bertz CT molecular complexity index is 1390. The largest absolute Gasteiger partial charge is 0.496 e. The van der Waals surface area contributed by atoms with Gasteiger partial charge in [0.1, 0.15) is 11.4 Å². The molecule has 1 amide bonds. The van der Waals surface area contributed by atoms with E-state index in [9.17, 15) is 9.59 Å². The number of H-pyrrole nitrogens is 1. The number of aromatic nitrogens is 2. The lowest BCUT2D eigenvalue weighted by Crippen LogP contribution is -2.29. The van der Waals surface area contributed by atoms with Crippen molar-refractivity contribution in [3.63, 3.8) is 0 Å². The van der Waals surface area contributed by atoms with Gasteiger partial charge in [-0.05, 0) is 44.2 Å². The van der Waals surface area contributed by atoms with Crippen molar-refractivity contribution in [1.29, 1.82) is 0 Å². The molecule has 0 saturated heterocycles. The molecule has 1 aromatic heterocycles. The van der Waals surface area contributed by atoms with Crippen LogP contribution >= 0.6 is 0 Å². The number of benzene rings is 3. The Morgan fingerprint density at radius 3 is 2.43 bits per heavy atom. The number of carbonyl (C=O) groups excluding carboxylic acids is 2. The maximum absolute atomic E-state index is 13.7. The van der Waals surface area contributed by atoms with E-state index in [2.05, 4.69) is 10.2 Å². The molecule has 1 aliphatic rings. The van der Waals surface area contributed by atoms with Gasteiger partial charge in [0.25, 0.3) is 5.91 Å². The first kappa shape index (κ1) is 22.4. The summed E-state index contributed by atoms with van der Waals surface area (Å²) >= 11 is 0. The SMILES string of the molecule is CCOC(=O)c1ccc(N2C(=O)c3[nH]nc(-c4ccc(C)cc4)c3C2c2ccccc2OC)cc1. The van der Waals surface area contributed by atoms with Crippen molar-refractivity contribution < 1.29 is 19.1 Å².